The van der Waals surface area contributed by atoms with Gasteiger partial charge in [0.25, 0.3) is 5.91 Å². The van der Waals surface area contributed by atoms with E-state index in [0.717, 1.165) is 34.0 Å². The van der Waals surface area contributed by atoms with Gasteiger partial charge in [0, 0.05) is 7.05 Å². The molecule has 2 heterocycles. The molecule has 0 aliphatic carbocycles. The molecule has 4 rings (SSSR count). The number of nitrogens with zero attached hydrogens (tertiary/aromatic N) is 5. The lowest BCUT2D eigenvalue weighted by molar-refractivity contribution is -0.113. The largest absolute Gasteiger partial charge is 0.497 e. The summed E-state index contributed by atoms with van der Waals surface area (Å²) in [5, 5.41) is 4.74. The Labute approximate surface area is 185 Å². The van der Waals surface area contributed by atoms with Crippen molar-refractivity contribution in [3.05, 3.63) is 77.0 Å². The van der Waals surface area contributed by atoms with Crippen LogP contribution in [0.2, 0.25) is 0 Å². The fourth-order valence-electron chi connectivity index (χ4n) is 3.34. The third-order valence-electron chi connectivity index (χ3n) is 4.85. The molecule has 0 saturated heterocycles. The van der Waals surface area contributed by atoms with E-state index in [4.69, 9.17) is 4.74 Å². The molecule has 158 valence electrons. The molecule has 1 amide bonds. The van der Waals surface area contributed by atoms with Crippen LogP contribution in [0.3, 0.4) is 0 Å². The second-order valence-electron chi connectivity index (χ2n) is 7.27. The second-order valence-corrected chi connectivity index (χ2v) is 8.21. The van der Waals surface area contributed by atoms with Crippen LogP contribution in [0, 0.1) is 13.8 Å². The maximum absolute atomic E-state index is 13.4. The van der Waals surface area contributed by atoms with E-state index in [9.17, 15) is 4.79 Å². The van der Waals surface area contributed by atoms with Gasteiger partial charge < -0.3 is 4.74 Å². The molecule has 8 heteroatoms. The Bertz CT molecular complexity index is 1160. The molecule has 1 aromatic heterocycles. The zero-order chi connectivity index (χ0) is 22.0. The normalized spacial score (nSPS) is 15.0. The molecule has 0 atom stereocenters. The number of amidine groups is 1. The number of hydrogen-bond acceptors (Lipinski definition) is 6. The van der Waals surface area contributed by atoms with Gasteiger partial charge in [0.05, 0.1) is 18.6 Å². The average molecular weight is 434 g/mol. The highest BCUT2D eigenvalue weighted by atomic mass is 32.2. The predicted octanol–water partition coefficient (Wildman–Crippen LogP) is 4.12. The molecular formula is C23H23N5O2S. The van der Waals surface area contributed by atoms with Gasteiger partial charge in [-0.15, -0.1) is 0 Å². The van der Waals surface area contributed by atoms with Gasteiger partial charge in [-0.3, -0.25) is 14.4 Å². The van der Waals surface area contributed by atoms with Crippen LogP contribution in [0.15, 0.2) is 59.5 Å². The summed E-state index contributed by atoms with van der Waals surface area (Å²) in [5.41, 5.74) is 4.27. The lowest BCUT2D eigenvalue weighted by atomic mass is 10.1. The quantitative estimate of drug-likeness (QED) is 0.566. The summed E-state index contributed by atoms with van der Waals surface area (Å²) in [6, 6.07) is 13.6. The van der Waals surface area contributed by atoms with Gasteiger partial charge in [0.15, 0.2) is 5.17 Å². The summed E-state index contributed by atoms with van der Waals surface area (Å²) in [5.74, 6) is 1.98. The first-order valence-corrected chi connectivity index (χ1v) is 10.8. The average Bonchev–Trinajstić information content (AvgIpc) is 3.29. The van der Waals surface area contributed by atoms with E-state index in [1.54, 1.807) is 22.8 Å². The zero-order valence-corrected chi connectivity index (χ0v) is 18.7. The molecule has 1 aliphatic rings. The Morgan fingerprint density at radius 1 is 1.10 bits per heavy atom. The molecule has 0 unspecified atom stereocenters. The van der Waals surface area contributed by atoms with E-state index in [0.29, 0.717) is 16.6 Å². The van der Waals surface area contributed by atoms with E-state index in [-0.39, 0.29) is 5.91 Å². The van der Waals surface area contributed by atoms with Crippen LogP contribution in [0.1, 0.15) is 22.5 Å². The summed E-state index contributed by atoms with van der Waals surface area (Å²) in [6.45, 7) is 4.04. The molecule has 3 aromatic rings. The van der Waals surface area contributed by atoms with Crippen molar-refractivity contribution < 1.29 is 9.53 Å². The lowest BCUT2D eigenvalue weighted by Crippen LogP contribution is -2.30. The monoisotopic (exact) mass is 433 g/mol. The number of thioether (sulfide) groups is 1. The number of carbonyl (C=O) groups is 1. The van der Waals surface area contributed by atoms with Gasteiger partial charge in [-0.1, -0.05) is 30.0 Å². The lowest BCUT2D eigenvalue weighted by Gasteiger charge is -2.19. The fraction of sp³-hybridized carbons (Fsp3) is 0.217. The van der Waals surface area contributed by atoms with Gasteiger partial charge in [0.2, 0.25) is 0 Å². The van der Waals surface area contributed by atoms with E-state index < -0.39 is 0 Å². The first-order chi connectivity index (χ1) is 14.9. The number of benzene rings is 2. The van der Waals surface area contributed by atoms with Crippen LogP contribution in [-0.2, 0) is 17.6 Å². The maximum atomic E-state index is 13.4. The van der Waals surface area contributed by atoms with Crippen molar-refractivity contribution in [1.29, 1.82) is 0 Å². The number of rotatable bonds is 5. The Morgan fingerprint density at radius 2 is 1.81 bits per heavy atom. The number of ether oxygens (including phenoxy) is 1. The van der Waals surface area contributed by atoms with Crippen molar-refractivity contribution in [2.24, 2.45) is 12.0 Å². The number of amides is 1. The van der Waals surface area contributed by atoms with E-state index in [1.807, 2.05) is 57.3 Å². The summed E-state index contributed by atoms with van der Waals surface area (Å²) in [6.07, 6.45) is 3.32. The zero-order valence-electron chi connectivity index (χ0n) is 17.9. The first kappa shape index (κ1) is 20.9. The Balaban J connectivity index is 1.69. The van der Waals surface area contributed by atoms with E-state index in [2.05, 4.69) is 21.1 Å². The topological polar surface area (TPSA) is 72.6 Å². The standard InChI is InChI=1S/C23H23N5O2S/c1-15-9-16(2)11-18(10-15)28-22(29)20(12-17-5-7-19(30-4)8-6-17)26-23(28)31-13-21-24-14-25-27(21)3/h5-12,14H,13H2,1-4H3/b20-12-. The van der Waals surface area contributed by atoms with Crippen LogP contribution in [0.25, 0.3) is 6.08 Å². The third-order valence-corrected chi connectivity index (χ3v) is 5.78. The van der Waals surface area contributed by atoms with E-state index in [1.165, 1.54) is 18.1 Å². The summed E-state index contributed by atoms with van der Waals surface area (Å²) in [7, 11) is 3.47. The van der Waals surface area contributed by atoms with Gasteiger partial charge in [-0.25, -0.2) is 9.98 Å². The summed E-state index contributed by atoms with van der Waals surface area (Å²) >= 11 is 1.47. The SMILES string of the molecule is COc1ccc(/C=C2\N=C(SCc3ncnn3C)N(c3cc(C)cc(C)c3)C2=O)cc1. The number of methoxy groups -OCH3 is 1. The molecule has 7 nitrogen and oxygen atoms in total. The highest BCUT2D eigenvalue weighted by molar-refractivity contribution is 8.13. The first-order valence-electron chi connectivity index (χ1n) is 9.77. The van der Waals surface area contributed by atoms with Crippen molar-refractivity contribution in [3.8, 4) is 5.75 Å². The molecule has 0 fully saturated rings. The molecule has 1 aliphatic heterocycles. The minimum Gasteiger partial charge on any atom is -0.497 e. The van der Waals surface area contributed by atoms with Crippen LogP contribution in [0.5, 0.6) is 5.75 Å². The second kappa shape index (κ2) is 8.77. The number of aromatic nitrogens is 3. The van der Waals surface area contributed by atoms with Gasteiger partial charge in [-0.05, 0) is 60.9 Å². The number of anilines is 1. The molecule has 0 radical (unpaired) electrons. The van der Waals surface area contributed by atoms with Crippen molar-refractivity contribution >= 4 is 34.6 Å². The fourth-order valence-corrected chi connectivity index (χ4v) is 4.34. The smallest absolute Gasteiger partial charge is 0.283 e. The van der Waals surface area contributed by atoms with Gasteiger partial charge in [0.1, 0.15) is 23.6 Å². The molecule has 0 N–H and O–H groups in total. The Hall–Kier alpha value is -3.39. The highest BCUT2D eigenvalue weighted by Crippen LogP contribution is 2.31. The van der Waals surface area contributed by atoms with Crippen molar-refractivity contribution in [2.75, 3.05) is 12.0 Å². The molecule has 31 heavy (non-hydrogen) atoms. The van der Waals surface area contributed by atoms with Crippen molar-refractivity contribution in [3.63, 3.8) is 0 Å². The molecular weight excluding hydrogens is 410 g/mol. The maximum Gasteiger partial charge on any atom is 0.283 e. The number of aryl methyl sites for hydroxylation is 3. The Morgan fingerprint density at radius 3 is 2.42 bits per heavy atom. The molecule has 0 saturated carbocycles. The van der Waals surface area contributed by atoms with Gasteiger partial charge >= 0.3 is 0 Å². The molecule has 0 spiro atoms. The molecule has 0 bridgehead atoms. The number of carbonyl (C=O) groups excluding carboxylic acids is 1. The van der Waals surface area contributed by atoms with Crippen LogP contribution >= 0.6 is 11.8 Å². The highest BCUT2D eigenvalue weighted by Gasteiger charge is 2.32. The summed E-state index contributed by atoms with van der Waals surface area (Å²) < 4.78 is 6.93. The van der Waals surface area contributed by atoms with E-state index >= 15 is 0 Å². The minimum absolute atomic E-state index is 0.152. The number of hydrogen-bond donors (Lipinski definition) is 0. The molecule has 2 aromatic carbocycles. The third kappa shape index (κ3) is 4.54. The van der Waals surface area contributed by atoms with Gasteiger partial charge in [-0.2, -0.15) is 5.10 Å². The minimum atomic E-state index is -0.152. The predicted molar refractivity (Wildman–Crippen MR) is 124 cm³/mol. The van der Waals surface area contributed by atoms with Crippen LogP contribution in [0.4, 0.5) is 5.69 Å². The number of aliphatic imine (C=N–C) groups is 1. The van der Waals surface area contributed by atoms with Crippen LogP contribution in [-0.4, -0.2) is 32.9 Å². The summed E-state index contributed by atoms with van der Waals surface area (Å²) in [4.78, 5) is 24.0. The van der Waals surface area contributed by atoms with Crippen molar-refractivity contribution in [1.82, 2.24) is 14.8 Å². The Kier molecular flexibility index (Phi) is 5.90. The van der Waals surface area contributed by atoms with Crippen LogP contribution < -0.4 is 9.64 Å². The van der Waals surface area contributed by atoms with Crippen molar-refractivity contribution in [2.45, 2.75) is 19.6 Å².